The van der Waals surface area contributed by atoms with E-state index in [0.717, 1.165) is 22.6 Å². The summed E-state index contributed by atoms with van der Waals surface area (Å²) in [6.07, 6.45) is 0.585. The van der Waals surface area contributed by atoms with Gasteiger partial charge in [-0.1, -0.05) is 0 Å². The maximum atomic E-state index is 13.1. The van der Waals surface area contributed by atoms with Crippen LogP contribution in [-0.2, 0) is 17.8 Å². The highest BCUT2D eigenvalue weighted by molar-refractivity contribution is 7.80. The van der Waals surface area contributed by atoms with Crippen molar-refractivity contribution in [1.29, 1.82) is 0 Å². The Labute approximate surface area is 163 Å². The number of carbonyl (C=O) groups excluding carboxylic acids is 1. The van der Waals surface area contributed by atoms with Crippen LogP contribution >= 0.6 is 12.2 Å². The van der Waals surface area contributed by atoms with E-state index in [9.17, 15) is 4.79 Å². The van der Waals surface area contributed by atoms with Crippen molar-refractivity contribution in [3.63, 3.8) is 0 Å². The zero-order valence-corrected chi connectivity index (χ0v) is 16.2. The van der Waals surface area contributed by atoms with Crippen molar-refractivity contribution in [2.24, 2.45) is 0 Å². The number of anilines is 1. The zero-order chi connectivity index (χ0) is 19.1. The van der Waals surface area contributed by atoms with Crippen LogP contribution in [0, 0.1) is 0 Å². The number of carbonyl (C=O) groups is 1. The maximum Gasteiger partial charge on any atom is 0.256 e. The van der Waals surface area contributed by atoms with Gasteiger partial charge in [-0.3, -0.25) is 9.69 Å². The number of amides is 1. The van der Waals surface area contributed by atoms with Crippen LogP contribution in [0.2, 0.25) is 0 Å². The summed E-state index contributed by atoms with van der Waals surface area (Å²) in [6.45, 7) is 0.567. The number of thiocarbonyl (C=S) groups is 1. The van der Waals surface area contributed by atoms with E-state index in [1.165, 1.54) is 0 Å². The molecule has 2 aliphatic rings. The van der Waals surface area contributed by atoms with Crippen LogP contribution in [0.4, 0.5) is 5.69 Å². The zero-order valence-electron chi connectivity index (χ0n) is 15.4. The number of fused-ring (bicyclic) bond motifs is 2. The first-order chi connectivity index (χ1) is 13.1. The Morgan fingerprint density at radius 2 is 1.59 bits per heavy atom. The van der Waals surface area contributed by atoms with E-state index in [0.29, 0.717) is 29.6 Å². The summed E-state index contributed by atoms with van der Waals surface area (Å²) >= 11 is 5.64. The Morgan fingerprint density at radius 1 is 0.963 bits per heavy atom. The van der Waals surface area contributed by atoms with Gasteiger partial charge in [0.05, 0.1) is 27.0 Å². The molecule has 4 rings (SSSR count). The van der Waals surface area contributed by atoms with E-state index in [1.807, 2.05) is 41.3 Å². The molecule has 2 aliphatic heterocycles. The van der Waals surface area contributed by atoms with Crippen molar-refractivity contribution in [2.45, 2.75) is 19.0 Å². The minimum Gasteiger partial charge on any atom is -0.497 e. The van der Waals surface area contributed by atoms with Gasteiger partial charge in [-0.25, -0.2) is 0 Å². The molecule has 2 aromatic carbocycles. The molecule has 0 bridgehead atoms. The van der Waals surface area contributed by atoms with E-state index in [2.05, 4.69) is 0 Å². The van der Waals surface area contributed by atoms with Crippen molar-refractivity contribution in [3.8, 4) is 17.2 Å². The lowest BCUT2D eigenvalue weighted by atomic mass is 9.94. The molecule has 1 atom stereocenters. The van der Waals surface area contributed by atoms with Gasteiger partial charge >= 0.3 is 0 Å². The summed E-state index contributed by atoms with van der Waals surface area (Å²) in [7, 11) is 4.84. The van der Waals surface area contributed by atoms with Gasteiger partial charge in [0.2, 0.25) is 0 Å². The van der Waals surface area contributed by atoms with Gasteiger partial charge in [0, 0.05) is 13.0 Å². The number of nitrogens with zero attached hydrogens (tertiary/aromatic N) is 2. The van der Waals surface area contributed by atoms with Crippen LogP contribution in [0.1, 0.15) is 11.1 Å². The van der Waals surface area contributed by atoms with Crippen molar-refractivity contribution in [3.05, 3.63) is 47.5 Å². The van der Waals surface area contributed by atoms with Crippen LogP contribution < -0.4 is 19.1 Å². The third-order valence-corrected chi connectivity index (χ3v) is 5.53. The molecule has 1 saturated heterocycles. The average molecular weight is 384 g/mol. The Morgan fingerprint density at radius 3 is 2.19 bits per heavy atom. The summed E-state index contributed by atoms with van der Waals surface area (Å²) in [4.78, 5) is 16.7. The van der Waals surface area contributed by atoms with Gasteiger partial charge < -0.3 is 19.1 Å². The number of benzene rings is 2. The summed E-state index contributed by atoms with van der Waals surface area (Å²) in [6, 6.07) is 11.0. The number of ether oxygens (including phenoxy) is 3. The number of hydrogen-bond donors (Lipinski definition) is 0. The van der Waals surface area contributed by atoms with E-state index < -0.39 is 0 Å². The van der Waals surface area contributed by atoms with Crippen molar-refractivity contribution >= 4 is 28.9 Å². The van der Waals surface area contributed by atoms with E-state index in [4.69, 9.17) is 26.4 Å². The Kier molecular flexibility index (Phi) is 4.39. The van der Waals surface area contributed by atoms with Crippen molar-refractivity contribution in [2.75, 3.05) is 26.2 Å². The molecule has 0 spiro atoms. The molecule has 0 aliphatic carbocycles. The van der Waals surface area contributed by atoms with Crippen LogP contribution in [0.5, 0.6) is 17.2 Å². The lowest BCUT2D eigenvalue weighted by molar-refractivity contribution is -0.119. The number of hydrogen-bond acceptors (Lipinski definition) is 5. The van der Waals surface area contributed by atoms with Gasteiger partial charge in [0.15, 0.2) is 16.6 Å². The average Bonchev–Trinajstić information content (AvgIpc) is 2.95. The third kappa shape index (κ3) is 2.78. The highest BCUT2D eigenvalue weighted by atomic mass is 32.1. The first-order valence-electron chi connectivity index (χ1n) is 8.59. The molecule has 1 amide bonds. The molecule has 2 heterocycles. The lowest BCUT2D eigenvalue weighted by Crippen LogP contribution is -2.40. The second kappa shape index (κ2) is 6.74. The van der Waals surface area contributed by atoms with Gasteiger partial charge in [0.1, 0.15) is 11.8 Å². The first kappa shape index (κ1) is 17.6. The maximum absolute atomic E-state index is 13.1. The molecule has 1 unspecified atom stereocenters. The molecule has 0 radical (unpaired) electrons. The number of methoxy groups -OCH3 is 3. The third-order valence-electron chi connectivity index (χ3n) is 5.11. The van der Waals surface area contributed by atoms with Gasteiger partial charge in [-0.15, -0.1) is 0 Å². The predicted octanol–water partition coefficient (Wildman–Crippen LogP) is 2.77. The Bertz CT molecular complexity index is 862. The molecule has 0 aromatic heterocycles. The molecular formula is C20H20N2O4S. The minimum atomic E-state index is -0.301. The molecule has 7 heteroatoms. The highest BCUT2D eigenvalue weighted by Gasteiger charge is 2.45. The van der Waals surface area contributed by atoms with Crippen molar-refractivity contribution < 1.29 is 19.0 Å². The van der Waals surface area contributed by atoms with Gasteiger partial charge in [-0.2, -0.15) is 0 Å². The molecular weight excluding hydrogens is 364 g/mol. The molecule has 2 aromatic rings. The largest absolute Gasteiger partial charge is 0.497 e. The molecule has 1 fully saturated rings. The topological polar surface area (TPSA) is 51.2 Å². The predicted molar refractivity (Wildman–Crippen MR) is 106 cm³/mol. The molecule has 27 heavy (non-hydrogen) atoms. The monoisotopic (exact) mass is 384 g/mol. The number of rotatable bonds is 4. The quantitative estimate of drug-likeness (QED) is 0.756. The summed E-state index contributed by atoms with van der Waals surface area (Å²) in [5.41, 5.74) is 2.93. The highest BCUT2D eigenvalue weighted by Crippen LogP contribution is 2.38. The molecule has 0 saturated carbocycles. The Balaban J connectivity index is 1.67. The fourth-order valence-corrected chi connectivity index (χ4v) is 4.06. The minimum absolute atomic E-state index is 0.00870. The standard InChI is InChI=1S/C20H20N2O4S/c1-24-15-6-4-14(5-7-15)22-19(23)16-8-12-9-17(25-2)18(26-3)10-13(12)11-21(16)20(22)27/h4-7,9-10,16H,8,11H2,1-3H3. The fraction of sp³-hybridized carbons (Fsp3) is 0.300. The van der Waals surface area contributed by atoms with E-state index in [-0.39, 0.29) is 11.9 Å². The SMILES string of the molecule is COc1ccc(N2C(=O)C3Cc4cc(OC)c(OC)cc4CN3C2=S)cc1. The summed E-state index contributed by atoms with van der Waals surface area (Å²) < 4.78 is 16.0. The lowest BCUT2D eigenvalue weighted by Gasteiger charge is -2.31. The van der Waals surface area contributed by atoms with Crippen LogP contribution in [0.3, 0.4) is 0 Å². The van der Waals surface area contributed by atoms with Crippen molar-refractivity contribution in [1.82, 2.24) is 4.90 Å². The second-order valence-electron chi connectivity index (χ2n) is 6.48. The Hall–Kier alpha value is -2.80. The molecule has 0 N–H and O–H groups in total. The van der Waals surface area contributed by atoms with Crippen LogP contribution in [-0.4, -0.2) is 43.3 Å². The van der Waals surface area contributed by atoms with E-state index in [1.54, 1.807) is 26.2 Å². The van der Waals surface area contributed by atoms with Crippen LogP contribution in [0.15, 0.2) is 36.4 Å². The van der Waals surface area contributed by atoms with Crippen LogP contribution in [0.25, 0.3) is 0 Å². The molecule has 6 nitrogen and oxygen atoms in total. The molecule has 140 valence electrons. The normalized spacial score (nSPS) is 18.3. The van der Waals surface area contributed by atoms with Gasteiger partial charge in [-0.05, 0) is 59.7 Å². The van der Waals surface area contributed by atoms with E-state index >= 15 is 0 Å². The summed E-state index contributed by atoms with van der Waals surface area (Å²) in [5, 5.41) is 0.524. The summed E-state index contributed by atoms with van der Waals surface area (Å²) in [5.74, 6) is 2.08. The fourth-order valence-electron chi connectivity index (χ4n) is 3.67. The second-order valence-corrected chi connectivity index (χ2v) is 6.84. The first-order valence-corrected chi connectivity index (χ1v) is 9.00. The van der Waals surface area contributed by atoms with Gasteiger partial charge in [0.25, 0.3) is 5.91 Å². The smallest absolute Gasteiger partial charge is 0.256 e.